The first kappa shape index (κ1) is 23.9. The molecule has 0 radical (unpaired) electrons. The van der Waals surface area contributed by atoms with Crippen LogP contribution in [0.2, 0.25) is 0 Å². The van der Waals surface area contributed by atoms with Gasteiger partial charge in [-0.05, 0) is 48.9 Å². The lowest BCUT2D eigenvalue weighted by molar-refractivity contribution is 0.0696. The number of aromatic nitrogens is 4. The maximum atomic E-state index is 14.2. The van der Waals surface area contributed by atoms with E-state index in [1.54, 1.807) is 49.4 Å². The summed E-state index contributed by atoms with van der Waals surface area (Å²) in [6.45, 7) is 1.55. The van der Waals surface area contributed by atoms with Crippen molar-refractivity contribution in [3.8, 4) is 11.4 Å². The number of carboxylic acids is 1. The zero-order valence-corrected chi connectivity index (χ0v) is 19.6. The third-order valence-corrected chi connectivity index (χ3v) is 5.92. The van der Waals surface area contributed by atoms with E-state index in [4.69, 9.17) is 4.74 Å². The normalized spacial score (nSPS) is 11.1. The van der Waals surface area contributed by atoms with Crippen molar-refractivity contribution >= 4 is 17.0 Å². The van der Waals surface area contributed by atoms with Crippen LogP contribution in [0.3, 0.4) is 0 Å². The van der Waals surface area contributed by atoms with E-state index in [1.807, 2.05) is 0 Å². The number of para-hydroxylation sites is 1. The Balaban J connectivity index is 1.62. The average Bonchev–Trinajstić information content (AvgIpc) is 3.30. The lowest BCUT2D eigenvalue weighted by atomic mass is 10.1. The number of pyridine rings is 1. The highest BCUT2D eigenvalue weighted by molar-refractivity contribution is 5.87. The van der Waals surface area contributed by atoms with Crippen LogP contribution in [-0.2, 0) is 13.2 Å². The first-order valence-corrected chi connectivity index (χ1v) is 11.3. The molecule has 1 N–H and O–H groups in total. The van der Waals surface area contributed by atoms with E-state index in [0.717, 1.165) is 12.1 Å². The Bertz CT molecular complexity index is 1710. The molecule has 0 aliphatic heterocycles. The molecule has 0 fully saturated rings. The van der Waals surface area contributed by atoms with Crippen LogP contribution in [0.15, 0.2) is 77.6 Å². The van der Waals surface area contributed by atoms with E-state index in [0.29, 0.717) is 22.3 Å². The van der Waals surface area contributed by atoms with Gasteiger partial charge in [-0.1, -0.05) is 29.5 Å². The number of aryl methyl sites for hydroxylation is 1. The van der Waals surface area contributed by atoms with Crippen molar-refractivity contribution in [2.24, 2.45) is 0 Å². The van der Waals surface area contributed by atoms with E-state index >= 15 is 0 Å². The zero-order chi connectivity index (χ0) is 26.1. The predicted molar refractivity (Wildman–Crippen MR) is 131 cm³/mol. The molecule has 0 aliphatic carbocycles. The fourth-order valence-corrected chi connectivity index (χ4v) is 4.04. The summed E-state index contributed by atoms with van der Waals surface area (Å²) in [4.78, 5) is 25.3. The molecule has 186 valence electrons. The zero-order valence-electron chi connectivity index (χ0n) is 19.6. The topological polar surface area (TPSA) is 99.2 Å². The van der Waals surface area contributed by atoms with Crippen LogP contribution in [0.1, 0.15) is 27.2 Å². The second-order valence-electron chi connectivity index (χ2n) is 8.41. The summed E-state index contributed by atoms with van der Waals surface area (Å²) in [5.74, 6) is -2.41. The summed E-state index contributed by atoms with van der Waals surface area (Å²) in [6.07, 6.45) is 0. The number of nitrogens with zero attached hydrogens (tertiary/aromatic N) is 4. The van der Waals surface area contributed by atoms with Gasteiger partial charge in [0.2, 0.25) is 0 Å². The van der Waals surface area contributed by atoms with Gasteiger partial charge >= 0.3 is 5.97 Å². The van der Waals surface area contributed by atoms with Crippen LogP contribution in [0, 0.1) is 18.6 Å². The number of carboxylic acid groups (broad SMARTS) is 1. The smallest absolute Gasteiger partial charge is 0.335 e. The van der Waals surface area contributed by atoms with Gasteiger partial charge in [0, 0.05) is 23.4 Å². The Morgan fingerprint density at radius 1 is 1.03 bits per heavy atom. The Hall–Kier alpha value is -4.86. The van der Waals surface area contributed by atoms with E-state index < -0.39 is 23.2 Å². The summed E-state index contributed by atoms with van der Waals surface area (Å²) in [5, 5.41) is 17.6. The van der Waals surface area contributed by atoms with Crippen LogP contribution in [-0.4, -0.2) is 30.6 Å². The minimum atomic E-state index is -1.07. The number of benzene rings is 3. The number of fused-ring (bicyclic) bond motifs is 1. The van der Waals surface area contributed by atoms with Gasteiger partial charge in [0.25, 0.3) is 5.56 Å². The fraction of sp³-hybridized carbons (Fsp3) is 0.111. The molecule has 2 heterocycles. The Morgan fingerprint density at radius 3 is 2.62 bits per heavy atom. The van der Waals surface area contributed by atoms with Crippen LogP contribution in [0.5, 0.6) is 5.75 Å². The van der Waals surface area contributed by atoms with Crippen LogP contribution in [0.4, 0.5) is 8.78 Å². The molecule has 8 nitrogen and oxygen atoms in total. The molecular formula is C27H20F2N4O4. The maximum Gasteiger partial charge on any atom is 0.335 e. The number of ether oxygens (including phenoxy) is 1. The van der Waals surface area contributed by atoms with Crippen molar-refractivity contribution in [3.63, 3.8) is 0 Å². The third-order valence-electron chi connectivity index (χ3n) is 5.92. The highest BCUT2D eigenvalue weighted by Crippen LogP contribution is 2.26. The molecule has 37 heavy (non-hydrogen) atoms. The van der Waals surface area contributed by atoms with Gasteiger partial charge in [-0.2, -0.15) is 0 Å². The fourth-order valence-electron chi connectivity index (χ4n) is 4.04. The molecule has 0 amide bonds. The van der Waals surface area contributed by atoms with Crippen LogP contribution in [0.25, 0.3) is 16.7 Å². The lowest BCUT2D eigenvalue weighted by Gasteiger charge is -2.17. The molecule has 0 saturated carbocycles. The molecular weight excluding hydrogens is 482 g/mol. The Morgan fingerprint density at radius 2 is 1.84 bits per heavy atom. The van der Waals surface area contributed by atoms with Gasteiger partial charge < -0.3 is 14.4 Å². The largest absolute Gasteiger partial charge is 0.486 e. The SMILES string of the molecule is Cc1cc(OCc2ccc(F)cc2F)c(-n2nnc3ccccc32)c(=O)n1Cc1cccc(C(=O)O)c1. The number of carbonyl (C=O) groups is 1. The quantitative estimate of drug-likeness (QED) is 0.352. The third kappa shape index (κ3) is 4.68. The Kier molecular flexibility index (Phi) is 6.22. The van der Waals surface area contributed by atoms with E-state index in [-0.39, 0.29) is 35.7 Å². The molecule has 0 saturated heterocycles. The number of hydrogen-bond donors (Lipinski definition) is 1. The van der Waals surface area contributed by atoms with E-state index in [2.05, 4.69) is 10.3 Å². The average molecular weight is 502 g/mol. The van der Waals surface area contributed by atoms with Crippen molar-refractivity contribution in [1.29, 1.82) is 0 Å². The second-order valence-corrected chi connectivity index (χ2v) is 8.41. The molecule has 5 rings (SSSR count). The van der Waals surface area contributed by atoms with E-state index in [9.17, 15) is 23.5 Å². The second kappa shape index (κ2) is 9.65. The van der Waals surface area contributed by atoms with Crippen molar-refractivity contribution < 1.29 is 23.4 Å². The first-order valence-electron chi connectivity index (χ1n) is 11.3. The van der Waals surface area contributed by atoms with Crippen molar-refractivity contribution in [2.75, 3.05) is 0 Å². The highest BCUT2D eigenvalue weighted by Gasteiger charge is 2.20. The lowest BCUT2D eigenvalue weighted by Crippen LogP contribution is -2.28. The van der Waals surface area contributed by atoms with Gasteiger partial charge in [0.05, 0.1) is 17.6 Å². The van der Waals surface area contributed by atoms with Gasteiger partial charge in [-0.25, -0.2) is 18.3 Å². The van der Waals surface area contributed by atoms with Gasteiger partial charge in [-0.3, -0.25) is 4.79 Å². The van der Waals surface area contributed by atoms with Crippen LogP contribution >= 0.6 is 0 Å². The molecule has 0 spiro atoms. The Labute approximate surface area is 209 Å². The summed E-state index contributed by atoms with van der Waals surface area (Å²) < 4.78 is 36.3. The summed E-state index contributed by atoms with van der Waals surface area (Å²) in [6, 6.07) is 18.2. The van der Waals surface area contributed by atoms with Crippen molar-refractivity contribution in [2.45, 2.75) is 20.1 Å². The summed E-state index contributed by atoms with van der Waals surface area (Å²) >= 11 is 0. The summed E-state index contributed by atoms with van der Waals surface area (Å²) in [7, 11) is 0. The van der Waals surface area contributed by atoms with Crippen molar-refractivity contribution in [3.05, 3.63) is 117 Å². The van der Waals surface area contributed by atoms with Gasteiger partial charge in [-0.15, -0.1) is 5.10 Å². The van der Waals surface area contributed by atoms with Gasteiger partial charge in [0.1, 0.15) is 23.8 Å². The maximum absolute atomic E-state index is 14.2. The minimum absolute atomic E-state index is 0.0520. The molecule has 5 aromatic rings. The standard InChI is InChI=1S/C27H20F2N4O4/c1-16-11-24(37-15-19-9-10-20(28)13-21(19)29)25(33-23-8-3-2-7-22(23)30-31-33)26(34)32(16)14-17-5-4-6-18(12-17)27(35)36/h2-13H,14-15H2,1H3,(H,35,36). The molecule has 0 aliphatic rings. The predicted octanol–water partition coefficient (Wildman–Crippen LogP) is 4.49. The molecule has 0 unspecified atom stereocenters. The summed E-state index contributed by atoms with van der Waals surface area (Å²) in [5.41, 5.74) is 2.05. The highest BCUT2D eigenvalue weighted by atomic mass is 19.1. The first-order chi connectivity index (χ1) is 17.8. The molecule has 2 aromatic heterocycles. The number of halogens is 2. The number of hydrogen-bond acceptors (Lipinski definition) is 5. The van der Waals surface area contributed by atoms with Crippen LogP contribution < -0.4 is 10.3 Å². The number of aromatic carboxylic acids is 1. The van der Waals surface area contributed by atoms with E-state index in [1.165, 1.54) is 27.4 Å². The molecule has 0 atom stereocenters. The van der Waals surface area contributed by atoms with Gasteiger partial charge in [0.15, 0.2) is 11.4 Å². The monoisotopic (exact) mass is 502 g/mol. The molecule has 0 bridgehead atoms. The minimum Gasteiger partial charge on any atom is -0.486 e. The molecule has 3 aromatic carbocycles. The van der Waals surface area contributed by atoms with Crippen molar-refractivity contribution in [1.82, 2.24) is 19.6 Å². The molecule has 10 heteroatoms. The number of rotatable bonds is 7.